The van der Waals surface area contributed by atoms with Crippen molar-refractivity contribution >= 4 is 27.4 Å². The summed E-state index contributed by atoms with van der Waals surface area (Å²) < 4.78 is 8.17. The van der Waals surface area contributed by atoms with Crippen molar-refractivity contribution in [3.8, 4) is 11.3 Å². The zero-order valence-corrected chi connectivity index (χ0v) is 13.5. The third-order valence-corrected chi connectivity index (χ3v) is 4.34. The minimum atomic E-state index is 0.534. The summed E-state index contributed by atoms with van der Waals surface area (Å²) in [6, 6.07) is 10.0. The maximum absolute atomic E-state index is 6.29. The van der Waals surface area contributed by atoms with Gasteiger partial charge < -0.3 is 10.5 Å². The first kappa shape index (κ1) is 14.1. The number of fused-ring (bicyclic) bond motifs is 1. The highest BCUT2D eigenvalue weighted by molar-refractivity contribution is 9.10. The zero-order chi connectivity index (χ0) is 15.0. The normalized spacial score (nSPS) is 11.2. The van der Waals surface area contributed by atoms with Gasteiger partial charge in [0.05, 0.1) is 6.61 Å². The van der Waals surface area contributed by atoms with E-state index in [1.54, 1.807) is 7.11 Å². The van der Waals surface area contributed by atoms with E-state index in [2.05, 4.69) is 20.9 Å². The van der Waals surface area contributed by atoms with E-state index < -0.39 is 0 Å². The van der Waals surface area contributed by atoms with Crippen molar-refractivity contribution in [2.45, 2.75) is 13.5 Å². The van der Waals surface area contributed by atoms with E-state index in [0.717, 1.165) is 32.5 Å². The summed E-state index contributed by atoms with van der Waals surface area (Å²) in [7, 11) is 1.68. The van der Waals surface area contributed by atoms with Crippen LogP contribution in [0.4, 0.5) is 5.82 Å². The summed E-state index contributed by atoms with van der Waals surface area (Å²) in [5.74, 6) is 0.634. The first-order valence-electron chi connectivity index (χ1n) is 6.62. The Morgan fingerprint density at radius 1 is 1.33 bits per heavy atom. The number of nitrogen functional groups attached to an aromatic ring is 1. The number of hydrogen-bond donors (Lipinski definition) is 1. The van der Waals surface area contributed by atoms with Gasteiger partial charge in [0.1, 0.15) is 17.2 Å². The van der Waals surface area contributed by atoms with Crippen LogP contribution in [0.1, 0.15) is 11.1 Å². The molecule has 5 heteroatoms. The van der Waals surface area contributed by atoms with E-state index >= 15 is 0 Å². The van der Waals surface area contributed by atoms with E-state index in [1.807, 2.05) is 47.9 Å². The third-order valence-electron chi connectivity index (χ3n) is 3.51. The molecule has 3 rings (SSSR count). The van der Waals surface area contributed by atoms with Crippen LogP contribution in [0.15, 0.2) is 41.0 Å². The largest absolute Gasteiger partial charge is 0.383 e. The molecule has 0 aliphatic heterocycles. The molecule has 108 valence electrons. The van der Waals surface area contributed by atoms with E-state index in [1.165, 1.54) is 0 Å². The van der Waals surface area contributed by atoms with E-state index in [9.17, 15) is 0 Å². The number of nitrogens with two attached hydrogens (primary N) is 1. The van der Waals surface area contributed by atoms with Gasteiger partial charge in [-0.3, -0.25) is 4.40 Å². The zero-order valence-electron chi connectivity index (χ0n) is 11.9. The average molecular weight is 346 g/mol. The van der Waals surface area contributed by atoms with Crippen LogP contribution in [0, 0.1) is 6.92 Å². The summed E-state index contributed by atoms with van der Waals surface area (Å²) >= 11 is 3.53. The highest BCUT2D eigenvalue weighted by atomic mass is 79.9. The molecule has 4 nitrogen and oxygen atoms in total. The van der Waals surface area contributed by atoms with Gasteiger partial charge in [0.25, 0.3) is 0 Å². The van der Waals surface area contributed by atoms with Crippen LogP contribution in [0.2, 0.25) is 0 Å². The molecule has 2 N–H and O–H groups in total. The van der Waals surface area contributed by atoms with Crippen molar-refractivity contribution in [1.82, 2.24) is 9.38 Å². The summed E-state index contributed by atoms with van der Waals surface area (Å²) in [6.45, 7) is 2.57. The molecule has 0 aliphatic rings. The summed E-state index contributed by atoms with van der Waals surface area (Å²) in [4.78, 5) is 4.69. The number of methoxy groups -OCH3 is 1. The number of anilines is 1. The van der Waals surface area contributed by atoms with E-state index in [-0.39, 0.29) is 0 Å². The van der Waals surface area contributed by atoms with Crippen LogP contribution in [-0.2, 0) is 11.3 Å². The minimum absolute atomic E-state index is 0.534. The van der Waals surface area contributed by atoms with Gasteiger partial charge in [0, 0.05) is 23.3 Å². The lowest BCUT2D eigenvalue weighted by Gasteiger charge is -2.07. The van der Waals surface area contributed by atoms with Crippen LogP contribution in [0.25, 0.3) is 16.9 Å². The van der Waals surface area contributed by atoms with Crippen LogP contribution in [-0.4, -0.2) is 16.5 Å². The molecule has 3 aromatic rings. The second-order valence-corrected chi connectivity index (χ2v) is 5.82. The second-order valence-electron chi connectivity index (χ2n) is 4.97. The fraction of sp³-hybridized carbons (Fsp3) is 0.188. The van der Waals surface area contributed by atoms with Crippen molar-refractivity contribution < 1.29 is 4.74 Å². The Balaban J connectivity index is 2.24. The quantitative estimate of drug-likeness (QED) is 0.785. The standard InChI is InChI=1S/C16H16BrN3O/c1-10-7-14-19-15(16(18)20(14)8-13(10)17)12-6-4-3-5-11(12)9-21-2/h3-8H,9,18H2,1-2H3. The van der Waals surface area contributed by atoms with Gasteiger partial charge in [-0.25, -0.2) is 4.98 Å². The SMILES string of the molecule is COCc1ccccc1-c1nc2cc(C)c(Br)cn2c1N. The monoisotopic (exact) mass is 345 g/mol. The Morgan fingerprint density at radius 2 is 2.10 bits per heavy atom. The van der Waals surface area contributed by atoms with Gasteiger partial charge in [-0.1, -0.05) is 24.3 Å². The number of halogens is 1. The fourth-order valence-corrected chi connectivity index (χ4v) is 2.73. The molecule has 0 radical (unpaired) electrons. The Bertz CT molecular complexity index is 811. The first-order valence-corrected chi connectivity index (χ1v) is 7.42. The number of pyridine rings is 1. The number of benzene rings is 1. The van der Waals surface area contributed by atoms with Gasteiger partial charge >= 0.3 is 0 Å². The number of nitrogens with zero attached hydrogens (tertiary/aromatic N) is 2. The van der Waals surface area contributed by atoms with Crippen LogP contribution >= 0.6 is 15.9 Å². The molecular formula is C16H16BrN3O. The van der Waals surface area contributed by atoms with Gasteiger partial charge in [-0.15, -0.1) is 0 Å². The molecule has 2 heterocycles. The summed E-state index contributed by atoms with van der Waals surface area (Å²) in [6.07, 6.45) is 1.95. The second kappa shape index (κ2) is 5.50. The van der Waals surface area contributed by atoms with Crippen molar-refractivity contribution in [3.63, 3.8) is 0 Å². The molecule has 0 saturated carbocycles. The lowest BCUT2D eigenvalue weighted by molar-refractivity contribution is 0.185. The van der Waals surface area contributed by atoms with Crippen molar-refractivity contribution in [2.24, 2.45) is 0 Å². The number of hydrogen-bond acceptors (Lipinski definition) is 3. The van der Waals surface area contributed by atoms with Crippen LogP contribution in [0.3, 0.4) is 0 Å². The molecule has 21 heavy (non-hydrogen) atoms. The van der Waals surface area contributed by atoms with Gasteiger partial charge in [0.2, 0.25) is 0 Å². The number of rotatable bonds is 3. The average Bonchev–Trinajstić information content (AvgIpc) is 2.77. The molecule has 0 amide bonds. The highest BCUT2D eigenvalue weighted by Crippen LogP contribution is 2.31. The maximum atomic E-state index is 6.29. The highest BCUT2D eigenvalue weighted by Gasteiger charge is 2.15. The summed E-state index contributed by atoms with van der Waals surface area (Å²) in [5.41, 5.74) is 11.1. The molecule has 0 saturated heterocycles. The van der Waals surface area contributed by atoms with Gasteiger partial charge in [0.15, 0.2) is 0 Å². The Morgan fingerprint density at radius 3 is 2.86 bits per heavy atom. The molecule has 0 fully saturated rings. The molecule has 0 bridgehead atoms. The smallest absolute Gasteiger partial charge is 0.139 e. The van der Waals surface area contributed by atoms with Crippen LogP contribution < -0.4 is 5.73 Å². The Hall–Kier alpha value is -1.85. The maximum Gasteiger partial charge on any atom is 0.139 e. The number of aryl methyl sites for hydroxylation is 1. The molecule has 0 spiro atoms. The minimum Gasteiger partial charge on any atom is -0.383 e. The van der Waals surface area contributed by atoms with E-state index in [4.69, 9.17) is 10.5 Å². The molecule has 1 aromatic carbocycles. The Kier molecular flexibility index (Phi) is 3.69. The molecule has 0 aliphatic carbocycles. The fourth-order valence-electron chi connectivity index (χ4n) is 2.41. The van der Waals surface area contributed by atoms with Crippen molar-refractivity contribution in [1.29, 1.82) is 0 Å². The van der Waals surface area contributed by atoms with Crippen LogP contribution in [0.5, 0.6) is 0 Å². The predicted octanol–water partition coefficient (Wildman–Crippen LogP) is 3.80. The topological polar surface area (TPSA) is 52.5 Å². The predicted molar refractivity (Wildman–Crippen MR) is 88.2 cm³/mol. The molecular weight excluding hydrogens is 330 g/mol. The molecule has 2 aromatic heterocycles. The number of imidazole rings is 1. The lowest BCUT2D eigenvalue weighted by atomic mass is 10.1. The van der Waals surface area contributed by atoms with Gasteiger partial charge in [-0.2, -0.15) is 0 Å². The summed E-state index contributed by atoms with van der Waals surface area (Å²) in [5, 5.41) is 0. The van der Waals surface area contributed by atoms with Crippen molar-refractivity contribution in [2.75, 3.05) is 12.8 Å². The third kappa shape index (κ3) is 2.43. The lowest BCUT2D eigenvalue weighted by Crippen LogP contribution is -1.97. The number of aromatic nitrogens is 2. The first-order chi connectivity index (χ1) is 10.1. The Labute approximate surface area is 131 Å². The van der Waals surface area contributed by atoms with E-state index in [0.29, 0.717) is 12.4 Å². The van der Waals surface area contributed by atoms with Gasteiger partial charge in [-0.05, 0) is 40.0 Å². The molecule has 0 unspecified atom stereocenters. The number of ether oxygens (including phenoxy) is 1. The van der Waals surface area contributed by atoms with Crippen molar-refractivity contribution in [3.05, 3.63) is 52.1 Å². The molecule has 0 atom stereocenters.